The number of nitrogens with one attached hydrogen (secondary N) is 1. The molecule has 0 amide bonds. The van der Waals surface area contributed by atoms with Crippen LogP contribution in [0.15, 0.2) is 12.7 Å². The van der Waals surface area contributed by atoms with Crippen LogP contribution >= 0.6 is 0 Å². The van der Waals surface area contributed by atoms with Crippen LogP contribution in [0.3, 0.4) is 0 Å². The van der Waals surface area contributed by atoms with Gasteiger partial charge in [-0.2, -0.15) is 0 Å². The minimum absolute atomic E-state index is 0.670. The molecule has 1 nitrogen and oxygen atoms in total. The Bertz CT molecular complexity index is 94.7. The van der Waals surface area contributed by atoms with Gasteiger partial charge in [-0.3, -0.25) is 0 Å². The fourth-order valence-corrected chi connectivity index (χ4v) is 0.668. The molecule has 0 saturated heterocycles. The highest BCUT2D eigenvalue weighted by atomic mass is 14.4. The standard InChI is InChI=1S/C8H15N/c1-3-5-6-7-8(9)4-2/h4,9H,2-3,5-7H2,1H3. The van der Waals surface area contributed by atoms with E-state index in [0.29, 0.717) is 5.71 Å². The van der Waals surface area contributed by atoms with Crippen molar-refractivity contribution in [3.63, 3.8) is 0 Å². The summed E-state index contributed by atoms with van der Waals surface area (Å²) in [6.07, 6.45) is 6.12. The molecule has 0 heterocycles. The predicted octanol–water partition coefficient (Wildman–Crippen LogP) is 2.77. The summed E-state index contributed by atoms with van der Waals surface area (Å²) in [5.41, 5.74) is 0.670. The van der Waals surface area contributed by atoms with Crippen molar-refractivity contribution < 1.29 is 0 Å². The number of hydrogen-bond donors (Lipinski definition) is 1. The maximum atomic E-state index is 7.20. The van der Waals surface area contributed by atoms with E-state index in [9.17, 15) is 0 Å². The summed E-state index contributed by atoms with van der Waals surface area (Å²) >= 11 is 0. The van der Waals surface area contributed by atoms with Crippen molar-refractivity contribution in [2.75, 3.05) is 0 Å². The summed E-state index contributed by atoms with van der Waals surface area (Å²) in [7, 11) is 0. The van der Waals surface area contributed by atoms with Crippen molar-refractivity contribution in [3.05, 3.63) is 12.7 Å². The molecule has 0 rings (SSSR count). The van der Waals surface area contributed by atoms with E-state index in [1.165, 1.54) is 12.8 Å². The lowest BCUT2D eigenvalue weighted by molar-refractivity contribution is 0.742. The second-order valence-electron chi connectivity index (χ2n) is 2.19. The van der Waals surface area contributed by atoms with Gasteiger partial charge in [-0.25, -0.2) is 0 Å². The van der Waals surface area contributed by atoms with Crippen LogP contribution in [0.4, 0.5) is 0 Å². The zero-order valence-electron chi connectivity index (χ0n) is 6.11. The number of allylic oxidation sites excluding steroid dienone is 1. The third-order valence-corrected chi connectivity index (χ3v) is 1.30. The molecule has 1 heteroatoms. The first-order chi connectivity index (χ1) is 4.31. The van der Waals surface area contributed by atoms with Crippen molar-refractivity contribution in [3.8, 4) is 0 Å². The molecule has 0 aliphatic carbocycles. The topological polar surface area (TPSA) is 23.9 Å². The van der Waals surface area contributed by atoms with Crippen molar-refractivity contribution >= 4 is 5.71 Å². The number of rotatable bonds is 5. The Morgan fingerprint density at radius 2 is 2.22 bits per heavy atom. The Kier molecular flexibility index (Phi) is 5.18. The first-order valence-corrected chi connectivity index (χ1v) is 3.51. The van der Waals surface area contributed by atoms with Crippen LogP contribution in [0.5, 0.6) is 0 Å². The summed E-state index contributed by atoms with van der Waals surface area (Å²) in [4.78, 5) is 0. The first-order valence-electron chi connectivity index (χ1n) is 3.51. The highest BCUT2D eigenvalue weighted by Gasteiger charge is 1.88. The van der Waals surface area contributed by atoms with E-state index in [1.54, 1.807) is 6.08 Å². The van der Waals surface area contributed by atoms with E-state index in [0.717, 1.165) is 12.8 Å². The van der Waals surface area contributed by atoms with Gasteiger partial charge in [-0.15, -0.1) is 0 Å². The highest BCUT2D eigenvalue weighted by molar-refractivity contribution is 5.91. The second kappa shape index (κ2) is 5.54. The van der Waals surface area contributed by atoms with Crippen molar-refractivity contribution in [2.24, 2.45) is 0 Å². The fraction of sp³-hybridized carbons (Fsp3) is 0.625. The van der Waals surface area contributed by atoms with E-state index in [4.69, 9.17) is 5.41 Å². The molecule has 0 aliphatic rings. The normalized spacial score (nSPS) is 9.00. The van der Waals surface area contributed by atoms with E-state index in [-0.39, 0.29) is 0 Å². The van der Waals surface area contributed by atoms with E-state index < -0.39 is 0 Å². The van der Waals surface area contributed by atoms with Gasteiger partial charge in [0.25, 0.3) is 0 Å². The Morgan fingerprint density at radius 3 is 2.67 bits per heavy atom. The van der Waals surface area contributed by atoms with Gasteiger partial charge < -0.3 is 5.41 Å². The van der Waals surface area contributed by atoms with Crippen LogP contribution in [0, 0.1) is 5.41 Å². The molecule has 0 saturated carbocycles. The zero-order chi connectivity index (χ0) is 7.11. The minimum Gasteiger partial charge on any atom is -0.305 e. The molecule has 0 aromatic carbocycles. The molecule has 52 valence electrons. The van der Waals surface area contributed by atoms with E-state index in [2.05, 4.69) is 13.5 Å². The maximum Gasteiger partial charge on any atom is 0.0308 e. The number of hydrogen-bond acceptors (Lipinski definition) is 1. The van der Waals surface area contributed by atoms with Gasteiger partial charge in [0, 0.05) is 5.71 Å². The molecular formula is C8H15N. The largest absolute Gasteiger partial charge is 0.305 e. The molecule has 0 bridgehead atoms. The SMILES string of the molecule is C=CC(=N)CCCCC. The lowest BCUT2D eigenvalue weighted by Gasteiger charge is -1.94. The molecule has 0 aliphatic heterocycles. The van der Waals surface area contributed by atoms with Gasteiger partial charge in [0.2, 0.25) is 0 Å². The summed E-state index contributed by atoms with van der Waals surface area (Å²) in [6, 6.07) is 0. The highest BCUT2D eigenvalue weighted by Crippen LogP contribution is 1.99. The lowest BCUT2D eigenvalue weighted by Crippen LogP contribution is -1.88. The van der Waals surface area contributed by atoms with Gasteiger partial charge >= 0.3 is 0 Å². The molecule has 0 spiro atoms. The summed E-state index contributed by atoms with van der Waals surface area (Å²) in [5, 5.41) is 7.20. The molecule has 0 atom stereocenters. The molecule has 0 radical (unpaired) electrons. The molecular weight excluding hydrogens is 110 g/mol. The Morgan fingerprint density at radius 1 is 1.56 bits per heavy atom. The van der Waals surface area contributed by atoms with Crippen molar-refractivity contribution in [1.82, 2.24) is 0 Å². The Labute approximate surface area is 57.3 Å². The van der Waals surface area contributed by atoms with Gasteiger partial charge in [0.1, 0.15) is 0 Å². The van der Waals surface area contributed by atoms with Crippen LogP contribution < -0.4 is 0 Å². The van der Waals surface area contributed by atoms with Crippen LogP contribution in [0.25, 0.3) is 0 Å². The van der Waals surface area contributed by atoms with Gasteiger partial charge in [0.15, 0.2) is 0 Å². The molecule has 9 heavy (non-hydrogen) atoms. The van der Waals surface area contributed by atoms with Crippen molar-refractivity contribution in [2.45, 2.75) is 32.6 Å². The summed E-state index contributed by atoms with van der Waals surface area (Å²) in [6.45, 7) is 5.68. The molecule has 1 N–H and O–H groups in total. The lowest BCUT2D eigenvalue weighted by atomic mass is 10.1. The van der Waals surface area contributed by atoms with Gasteiger partial charge in [-0.05, 0) is 18.9 Å². The predicted molar refractivity (Wildman–Crippen MR) is 42.1 cm³/mol. The van der Waals surface area contributed by atoms with Crippen LogP contribution in [0.1, 0.15) is 32.6 Å². The molecule has 0 aromatic heterocycles. The quantitative estimate of drug-likeness (QED) is 0.431. The van der Waals surface area contributed by atoms with Crippen LogP contribution in [-0.4, -0.2) is 5.71 Å². The Balaban J connectivity index is 3.07. The zero-order valence-corrected chi connectivity index (χ0v) is 6.11. The fourth-order valence-electron chi connectivity index (χ4n) is 0.668. The molecule has 0 unspecified atom stereocenters. The van der Waals surface area contributed by atoms with Crippen molar-refractivity contribution in [1.29, 1.82) is 5.41 Å². The van der Waals surface area contributed by atoms with Crippen LogP contribution in [-0.2, 0) is 0 Å². The Hall–Kier alpha value is -0.590. The maximum absolute atomic E-state index is 7.20. The molecule has 0 fully saturated rings. The average Bonchev–Trinajstić information content (AvgIpc) is 1.89. The van der Waals surface area contributed by atoms with E-state index >= 15 is 0 Å². The third kappa shape index (κ3) is 5.28. The second-order valence-corrected chi connectivity index (χ2v) is 2.19. The summed E-state index contributed by atoms with van der Waals surface area (Å²) in [5.74, 6) is 0. The minimum atomic E-state index is 0.670. The average molecular weight is 125 g/mol. The third-order valence-electron chi connectivity index (χ3n) is 1.30. The van der Waals surface area contributed by atoms with Crippen LogP contribution in [0.2, 0.25) is 0 Å². The summed E-state index contributed by atoms with van der Waals surface area (Å²) < 4.78 is 0. The van der Waals surface area contributed by atoms with Gasteiger partial charge in [0.05, 0.1) is 0 Å². The molecule has 0 aromatic rings. The number of unbranched alkanes of at least 4 members (excludes halogenated alkanes) is 2. The first kappa shape index (κ1) is 8.41. The monoisotopic (exact) mass is 125 g/mol. The van der Waals surface area contributed by atoms with E-state index in [1.807, 2.05) is 0 Å². The smallest absolute Gasteiger partial charge is 0.0308 e. The van der Waals surface area contributed by atoms with Gasteiger partial charge in [-0.1, -0.05) is 26.3 Å².